The van der Waals surface area contributed by atoms with Crippen molar-refractivity contribution in [2.75, 3.05) is 25.0 Å². The second-order valence-electron chi connectivity index (χ2n) is 10.7. The largest absolute Gasteiger partial charge is 0.399 e. The number of pyridine rings is 1. The molecule has 1 aliphatic rings. The molecule has 0 saturated heterocycles. The Morgan fingerprint density at radius 1 is 1.23 bits per heavy atom. The zero-order chi connectivity index (χ0) is 28.5. The summed E-state index contributed by atoms with van der Waals surface area (Å²) in [5, 5.41) is 6.13. The molecule has 40 heavy (non-hydrogen) atoms. The van der Waals surface area contributed by atoms with E-state index in [-0.39, 0.29) is 12.5 Å². The minimum Gasteiger partial charge on any atom is -0.399 e. The normalized spacial score (nSPS) is 15.2. The molecule has 1 aliphatic heterocycles. The number of hydrogen-bond donors (Lipinski definition) is 3. The second-order valence-corrected chi connectivity index (χ2v) is 11.9. The highest BCUT2D eigenvalue weighted by molar-refractivity contribution is 7.97. The highest BCUT2D eigenvalue weighted by Crippen LogP contribution is 2.39. The van der Waals surface area contributed by atoms with Crippen molar-refractivity contribution in [2.24, 2.45) is 11.1 Å². The molecule has 0 bridgehead atoms. The number of benzene rings is 2. The van der Waals surface area contributed by atoms with E-state index in [9.17, 15) is 4.79 Å². The summed E-state index contributed by atoms with van der Waals surface area (Å²) in [6.07, 6.45) is 6.76. The molecule has 2 aromatic carbocycles. The van der Waals surface area contributed by atoms with Gasteiger partial charge in [0.25, 0.3) is 0 Å². The van der Waals surface area contributed by atoms with Crippen LogP contribution in [0.25, 0.3) is 0 Å². The highest BCUT2D eigenvalue weighted by Gasteiger charge is 2.39. The number of hydrogen-bond acceptors (Lipinski definition) is 7. The molecule has 2 heterocycles. The summed E-state index contributed by atoms with van der Waals surface area (Å²) in [6.45, 7) is 10.7. The van der Waals surface area contributed by atoms with Crippen LogP contribution in [0.3, 0.4) is 0 Å². The van der Waals surface area contributed by atoms with E-state index in [2.05, 4.69) is 69.3 Å². The third-order valence-corrected chi connectivity index (χ3v) is 8.31. The number of fused-ring (bicyclic) bond motifs is 1. The summed E-state index contributed by atoms with van der Waals surface area (Å²) < 4.78 is 8.87. The van der Waals surface area contributed by atoms with Crippen molar-refractivity contribution in [3.63, 3.8) is 0 Å². The molecule has 1 atom stereocenters. The van der Waals surface area contributed by atoms with E-state index in [4.69, 9.17) is 10.5 Å². The van der Waals surface area contributed by atoms with Crippen LogP contribution in [-0.4, -0.2) is 34.9 Å². The molecule has 1 amide bonds. The van der Waals surface area contributed by atoms with Crippen LogP contribution in [0.4, 0.5) is 5.69 Å². The SMILES string of the molecule is CCN/C=C(\N)COC(c1ccc(C)c(CN2CCCc3ccccc3S2)c1)C(C)(C)C(=O)Nc1cccnc1. The first kappa shape index (κ1) is 29.6. The smallest absolute Gasteiger partial charge is 0.233 e. The number of nitrogens with one attached hydrogen (secondary N) is 2. The molecule has 4 rings (SSSR count). The maximum Gasteiger partial charge on any atom is 0.233 e. The molecule has 4 N–H and O–H groups in total. The van der Waals surface area contributed by atoms with Crippen molar-refractivity contribution in [2.45, 2.75) is 58.1 Å². The van der Waals surface area contributed by atoms with E-state index >= 15 is 0 Å². The molecule has 0 aliphatic carbocycles. The van der Waals surface area contributed by atoms with Crippen molar-refractivity contribution < 1.29 is 9.53 Å². The number of carbonyl (C=O) groups is 1. The molecule has 1 unspecified atom stereocenters. The van der Waals surface area contributed by atoms with E-state index in [0.29, 0.717) is 11.4 Å². The van der Waals surface area contributed by atoms with E-state index in [0.717, 1.165) is 38.0 Å². The number of amides is 1. The summed E-state index contributed by atoms with van der Waals surface area (Å²) in [6, 6.07) is 18.7. The number of aryl methyl sites for hydroxylation is 2. The standard InChI is InChI=1S/C32H41N5O2S/c1-5-34-19-27(33)22-39-30(32(3,4)31(38)36-28-12-8-16-35-20-28)25-15-14-23(2)26(18-25)21-37-17-9-11-24-10-6-7-13-29(24)40-37/h6-8,10,12-16,18-20,30,34H,5,9,11,17,21-22,33H2,1-4H3,(H,36,38)/b27-19-. The Bertz CT molecular complexity index is 1310. The van der Waals surface area contributed by atoms with Crippen LogP contribution in [0.5, 0.6) is 0 Å². The zero-order valence-electron chi connectivity index (χ0n) is 23.9. The zero-order valence-corrected chi connectivity index (χ0v) is 24.8. The van der Waals surface area contributed by atoms with Gasteiger partial charge < -0.3 is 21.1 Å². The van der Waals surface area contributed by atoms with Gasteiger partial charge in [-0.25, -0.2) is 4.31 Å². The van der Waals surface area contributed by atoms with Gasteiger partial charge in [-0.3, -0.25) is 9.78 Å². The first-order chi connectivity index (χ1) is 19.3. The third kappa shape index (κ3) is 7.65. The van der Waals surface area contributed by atoms with Crippen LogP contribution >= 0.6 is 11.9 Å². The van der Waals surface area contributed by atoms with E-state index in [1.54, 1.807) is 24.7 Å². The van der Waals surface area contributed by atoms with Gasteiger partial charge in [0.1, 0.15) is 0 Å². The fraction of sp³-hybridized carbons (Fsp3) is 0.375. The summed E-state index contributed by atoms with van der Waals surface area (Å²) >= 11 is 1.83. The molecule has 1 aromatic heterocycles. The van der Waals surface area contributed by atoms with Crippen molar-refractivity contribution in [1.82, 2.24) is 14.6 Å². The van der Waals surface area contributed by atoms with Gasteiger partial charge in [-0.1, -0.05) is 36.4 Å². The Hall–Kier alpha value is -3.33. The summed E-state index contributed by atoms with van der Waals surface area (Å²) in [5.41, 5.74) is 11.3. The van der Waals surface area contributed by atoms with Gasteiger partial charge in [-0.15, -0.1) is 0 Å². The summed E-state index contributed by atoms with van der Waals surface area (Å²) in [7, 11) is 0. The van der Waals surface area contributed by atoms with E-state index in [1.165, 1.54) is 21.6 Å². The summed E-state index contributed by atoms with van der Waals surface area (Å²) in [4.78, 5) is 19.1. The third-order valence-electron chi connectivity index (χ3n) is 7.14. The van der Waals surface area contributed by atoms with E-state index < -0.39 is 11.5 Å². The monoisotopic (exact) mass is 559 g/mol. The van der Waals surface area contributed by atoms with Crippen LogP contribution in [0.2, 0.25) is 0 Å². The van der Waals surface area contributed by atoms with Gasteiger partial charge in [-0.2, -0.15) is 0 Å². The predicted molar refractivity (Wildman–Crippen MR) is 163 cm³/mol. The van der Waals surface area contributed by atoms with Gasteiger partial charge in [0, 0.05) is 36.9 Å². The predicted octanol–water partition coefficient (Wildman–Crippen LogP) is 5.98. The fourth-order valence-electron chi connectivity index (χ4n) is 4.78. The Kier molecular flexibility index (Phi) is 10.3. The Balaban J connectivity index is 1.60. The number of aromatic nitrogens is 1. The van der Waals surface area contributed by atoms with Crippen molar-refractivity contribution in [3.05, 3.63) is 101 Å². The number of ether oxygens (including phenoxy) is 1. The first-order valence-corrected chi connectivity index (χ1v) is 14.7. The molecule has 212 valence electrons. The van der Waals surface area contributed by atoms with Crippen LogP contribution in [0, 0.1) is 12.3 Å². The molecule has 3 aromatic rings. The maximum atomic E-state index is 13.6. The first-order valence-electron chi connectivity index (χ1n) is 13.9. The van der Waals surface area contributed by atoms with Gasteiger partial charge in [0.15, 0.2) is 0 Å². The molecule has 0 fully saturated rings. The van der Waals surface area contributed by atoms with Crippen molar-refractivity contribution in [3.8, 4) is 0 Å². The number of nitrogens with two attached hydrogens (primary N) is 1. The van der Waals surface area contributed by atoms with Gasteiger partial charge >= 0.3 is 0 Å². The van der Waals surface area contributed by atoms with Crippen LogP contribution < -0.4 is 16.4 Å². The number of carbonyl (C=O) groups excluding carboxylic acids is 1. The van der Waals surface area contributed by atoms with Crippen LogP contribution in [-0.2, 0) is 22.5 Å². The maximum absolute atomic E-state index is 13.6. The molecule has 0 spiro atoms. The number of anilines is 1. The highest BCUT2D eigenvalue weighted by atomic mass is 32.2. The summed E-state index contributed by atoms with van der Waals surface area (Å²) in [5.74, 6) is -0.151. The average molecular weight is 560 g/mol. The Morgan fingerprint density at radius 3 is 2.83 bits per heavy atom. The number of rotatable bonds is 11. The molecule has 0 radical (unpaired) electrons. The van der Waals surface area contributed by atoms with Crippen molar-refractivity contribution >= 4 is 23.5 Å². The van der Waals surface area contributed by atoms with Gasteiger partial charge in [0.05, 0.1) is 35.7 Å². The van der Waals surface area contributed by atoms with Gasteiger partial charge in [0.2, 0.25) is 5.91 Å². The quantitative estimate of drug-likeness (QED) is 0.249. The van der Waals surface area contributed by atoms with E-state index in [1.807, 2.05) is 38.8 Å². The fourth-order valence-corrected chi connectivity index (χ4v) is 5.91. The molecular weight excluding hydrogens is 518 g/mol. The lowest BCUT2D eigenvalue weighted by Crippen LogP contribution is -2.38. The molecule has 7 nitrogen and oxygen atoms in total. The number of nitrogens with zero attached hydrogens (tertiary/aromatic N) is 2. The minimum absolute atomic E-state index is 0.151. The average Bonchev–Trinajstić information content (AvgIpc) is 3.15. The lowest BCUT2D eigenvalue weighted by atomic mass is 9.80. The minimum atomic E-state index is -0.906. The molecular formula is C32H41N5O2S. The Labute approximate surface area is 242 Å². The second kappa shape index (κ2) is 13.8. The topological polar surface area (TPSA) is 92.5 Å². The van der Waals surface area contributed by atoms with Crippen LogP contribution in [0.1, 0.15) is 55.5 Å². The van der Waals surface area contributed by atoms with Crippen LogP contribution in [0.15, 0.2) is 83.8 Å². The van der Waals surface area contributed by atoms with Gasteiger partial charge in [-0.05, 0) is 92.9 Å². The molecule has 8 heteroatoms. The lowest BCUT2D eigenvalue weighted by Gasteiger charge is -2.34. The van der Waals surface area contributed by atoms with Crippen molar-refractivity contribution in [1.29, 1.82) is 0 Å². The Morgan fingerprint density at radius 2 is 2.05 bits per heavy atom. The lowest BCUT2D eigenvalue weighted by molar-refractivity contribution is -0.133. The molecule has 0 saturated carbocycles.